The van der Waals surface area contributed by atoms with Crippen LogP contribution in [0.2, 0.25) is 0 Å². The van der Waals surface area contributed by atoms with Gasteiger partial charge < -0.3 is 15.7 Å². The zero-order chi connectivity index (χ0) is 18.9. The molecule has 0 spiro atoms. The molecular weight excluding hydrogens is 365 g/mol. The van der Waals surface area contributed by atoms with E-state index in [0.29, 0.717) is 5.56 Å². The number of Topliss-reactive ketones (excluding diaryl/α,β-unsaturated/α-hetero) is 1. The van der Waals surface area contributed by atoms with Crippen molar-refractivity contribution in [1.29, 1.82) is 0 Å². The van der Waals surface area contributed by atoms with Crippen molar-refractivity contribution in [3.8, 4) is 0 Å². The Balaban J connectivity index is 2.15. The molecular formula is C18H15F3N2O2S. The lowest BCUT2D eigenvalue weighted by Crippen LogP contribution is -2.72. The maximum atomic E-state index is 13.8. The molecule has 0 bridgehead atoms. The van der Waals surface area contributed by atoms with Gasteiger partial charge in [0.15, 0.2) is 10.9 Å². The first kappa shape index (κ1) is 18.3. The lowest BCUT2D eigenvalue weighted by atomic mass is 9.77. The second-order valence-corrected chi connectivity index (χ2v) is 6.37. The van der Waals surface area contributed by atoms with E-state index >= 15 is 0 Å². The fraction of sp³-hybridized carbons (Fsp3) is 0.222. The predicted octanol–water partition coefficient (Wildman–Crippen LogP) is 2.96. The first-order valence-electron chi connectivity index (χ1n) is 7.76. The third-order valence-corrected chi connectivity index (χ3v) is 4.53. The molecule has 136 valence electrons. The fourth-order valence-corrected chi connectivity index (χ4v) is 3.34. The van der Waals surface area contributed by atoms with Crippen molar-refractivity contribution >= 4 is 23.1 Å². The number of halogens is 3. The molecule has 1 aliphatic heterocycles. The average molecular weight is 380 g/mol. The van der Waals surface area contributed by atoms with Crippen LogP contribution in [-0.2, 0) is 0 Å². The van der Waals surface area contributed by atoms with Crippen molar-refractivity contribution in [1.82, 2.24) is 10.6 Å². The third-order valence-electron chi connectivity index (χ3n) is 4.31. The zero-order valence-electron chi connectivity index (χ0n) is 13.3. The van der Waals surface area contributed by atoms with Crippen LogP contribution < -0.4 is 10.6 Å². The number of ketones is 1. The molecule has 1 saturated heterocycles. The van der Waals surface area contributed by atoms with Crippen LogP contribution in [0.15, 0.2) is 60.7 Å². The molecule has 3 N–H and O–H groups in total. The average Bonchev–Trinajstić information content (AvgIpc) is 2.61. The van der Waals surface area contributed by atoms with E-state index in [1.54, 1.807) is 48.5 Å². The van der Waals surface area contributed by atoms with Crippen LogP contribution in [0, 0.1) is 5.92 Å². The van der Waals surface area contributed by atoms with Crippen LogP contribution in [0.4, 0.5) is 13.2 Å². The van der Waals surface area contributed by atoms with Gasteiger partial charge >= 0.3 is 6.18 Å². The number of hydrogen-bond donors (Lipinski definition) is 3. The predicted molar refractivity (Wildman–Crippen MR) is 93.3 cm³/mol. The molecule has 2 aromatic rings. The molecule has 3 atom stereocenters. The molecule has 0 radical (unpaired) electrons. The van der Waals surface area contributed by atoms with E-state index in [1.165, 1.54) is 12.1 Å². The molecule has 26 heavy (non-hydrogen) atoms. The Bertz CT molecular complexity index is 814. The number of benzene rings is 2. The Morgan fingerprint density at radius 3 is 2.12 bits per heavy atom. The summed E-state index contributed by atoms with van der Waals surface area (Å²) in [5.74, 6) is -2.72. The number of alkyl halides is 3. The fourth-order valence-electron chi connectivity index (χ4n) is 3.06. The van der Waals surface area contributed by atoms with Gasteiger partial charge in [-0.05, 0) is 17.8 Å². The summed E-state index contributed by atoms with van der Waals surface area (Å²) in [6.45, 7) is 0. The SMILES string of the molecule is O=C(c1ccccc1)[C@@H]1[C@H](c2ccccc2)NC(=S)N[C@]1(O)C(F)(F)F. The van der Waals surface area contributed by atoms with Crippen LogP contribution in [0.3, 0.4) is 0 Å². The van der Waals surface area contributed by atoms with Gasteiger partial charge in [-0.3, -0.25) is 4.79 Å². The van der Waals surface area contributed by atoms with Crippen LogP contribution in [0.1, 0.15) is 22.0 Å². The molecule has 0 saturated carbocycles. The molecule has 4 nitrogen and oxygen atoms in total. The lowest BCUT2D eigenvalue weighted by Gasteiger charge is -2.46. The molecule has 0 aromatic heterocycles. The summed E-state index contributed by atoms with van der Waals surface area (Å²) < 4.78 is 41.3. The monoisotopic (exact) mass is 380 g/mol. The summed E-state index contributed by atoms with van der Waals surface area (Å²) in [4.78, 5) is 13.0. The van der Waals surface area contributed by atoms with Crippen LogP contribution >= 0.6 is 12.2 Å². The van der Waals surface area contributed by atoms with Crippen molar-refractivity contribution in [3.63, 3.8) is 0 Å². The van der Waals surface area contributed by atoms with E-state index in [2.05, 4.69) is 5.32 Å². The van der Waals surface area contributed by atoms with E-state index in [4.69, 9.17) is 12.2 Å². The lowest BCUT2D eigenvalue weighted by molar-refractivity contribution is -0.285. The third kappa shape index (κ3) is 3.17. The zero-order valence-corrected chi connectivity index (χ0v) is 14.1. The largest absolute Gasteiger partial charge is 0.437 e. The summed E-state index contributed by atoms with van der Waals surface area (Å²) in [5.41, 5.74) is -3.02. The van der Waals surface area contributed by atoms with E-state index < -0.39 is 29.6 Å². The van der Waals surface area contributed by atoms with Gasteiger partial charge in [0, 0.05) is 5.56 Å². The summed E-state index contributed by atoms with van der Waals surface area (Å²) in [6.07, 6.45) is -5.12. The number of aliphatic hydroxyl groups is 1. The minimum Gasteiger partial charge on any atom is -0.363 e. The number of carbonyl (C=O) groups is 1. The Labute approximate surface area is 153 Å². The van der Waals surface area contributed by atoms with Crippen LogP contribution in [-0.4, -0.2) is 27.9 Å². The van der Waals surface area contributed by atoms with Crippen molar-refractivity contribution in [2.45, 2.75) is 17.9 Å². The van der Waals surface area contributed by atoms with Crippen molar-refractivity contribution in [2.75, 3.05) is 0 Å². The summed E-state index contributed by atoms with van der Waals surface area (Å²) in [5, 5.41) is 14.7. The van der Waals surface area contributed by atoms with Gasteiger partial charge in [0.05, 0.1) is 6.04 Å². The summed E-state index contributed by atoms with van der Waals surface area (Å²) >= 11 is 4.86. The second-order valence-electron chi connectivity index (χ2n) is 5.96. The maximum absolute atomic E-state index is 13.8. The van der Waals surface area contributed by atoms with Gasteiger partial charge in [0.25, 0.3) is 0 Å². The van der Waals surface area contributed by atoms with Crippen LogP contribution in [0.5, 0.6) is 0 Å². The molecule has 1 fully saturated rings. The summed E-state index contributed by atoms with van der Waals surface area (Å²) in [6, 6.07) is 14.5. The molecule has 8 heteroatoms. The maximum Gasteiger partial charge on any atom is 0.437 e. The molecule has 1 heterocycles. The molecule has 3 rings (SSSR count). The number of thiocarbonyl (C=S) groups is 1. The van der Waals surface area contributed by atoms with E-state index in [-0.39, 0.29) is 10.7 Å². The van der Waals surface area contributed by atoms with Crippen molar-refractivity contribution in [2.24, 2.45) is 5.92 Å². The van der Waals surface area contributed by atoms with Gasteiger partial charge in [-0.25, -0.2) is 0 Å². The number of nitrogens with one attached hydrogen (secondary N) is 2. The highest BCUT2D eigenvalue weighted by Crippen LogP contribution is 2.43. The Hall–Kier alpha value is -2.45. The second kappa shape index (κ2) is 6.69. The normalized spacial score (nSPS) is 25.9. The van der Waals surface area contributed by atoms with E-state index in [1.807, 2.05) is 5.32 Å². The molecule has 2 aromatic carbocycles. The number of hydrogen-bond acceptors (Lipinski definition) is 3. The highest BCUT2D eigenvalue weighted by Gasteiger charge is 2.65. The highest BCUT2D eigenvalue weighted by molar-refractivity contribution is 7.80. The minimum atomic E-state index is -5.12. The Morgan fingerprint density at radius 1 is 1.04 bits per heavy atom. The van der Waals surface area contributed by atoms with E-state index in [9.17, 15) is 23.1 Å². The summed E-state index contributed by atoms with van der Waals surface area (Å²) in [7, 11) is 0. The van der Waals surface area contributed by atoms with Crippen LogP contribution in [0.25, 0.3) is 0 Å². The minimum absolute atomic E-state index is 0.0672. The van der Waals surface area contributed by atoms with Gasteiger partial charge in [-0.2, -0.15) is 13.2 Å². The standard InChI is InChI=1S/C18H15F3N2O2S/c19-18(20,21)17(25)13(15(24)12-9-5-2-6-10-12)14(22-16(26)23-17)11-7-3-1-4-8-11/h1-10,13-14,25H,(H2,22,23,26)/t13-,14-,17+/m0/s1. The number of rotatable bonds is 3. The molecule has 1 aliphatic rings. The van der Waals surface area contributed by atoms with Gasteiger partial charge in [-0.15, -0.1) is 0 Å². The molecule has 0 amide bonds. The first-order valence-corrected chi connectivity index (χ1v) is 8.17. The van der Waals surface area contributed by atoms with E-state index in [0.717, 1.165) is 0 Å². The van der Waals surface area contributed by atoms with Gasteiger partial charge in [0.1, 0.15) is 5.92 Å². The number of carbonyl (C=O) groups excluding carboxylic acids is 1. The van der Waals surface area contributed by atoms with Crippen molar-refractivity contribution < 1.29 is 23.1 Å². The Kier molecular flexibility index (Phi) is 4.72. The topological polar surface area (TPSA) is 61.4 Å². The molecule has 0 unspecified atom stereocenters. The smallest absolute Gasteiger partial charge is 0.363 e. The highest BCUT2D eigenvalue weighted by atomic mass is 32.1. The van der Waals surface area contributed by atoms with Gasteiger partial charge in [-0.1, -0.05) is 60.7 Å². The first-order chi connectivity index (χ1) is 12.2. The quantitative estimate of drug-likeness (QED) is 0.565. The Morgan fingerprint density at radius 2 is 1.58 bits per heavy atom. The molecule has 0 aliphatic carbocycles. The van der Waals surface area contributed by atoms with Crippen molar-refractivity contribution in [3.05, 3.63) is 71.8 Å². The van der Waals surface area contributed by atoms with Gasteiger partial charge in [0.2, 0.25) is 5.72 Å².